The van der Waals surface area contributed by atoms with Gasteiger partial charge in [0.15, 0.2) is 5.78 Å². The zero-order valence-corrected chi connectivity index (χ0v) is 38.2. The van der Waals surface area contributed by atoms with E-state index in [1.165, 1.54) is 37.3 Å². The first kappa shape index (κ1) is 45.0. The molecule has 2 unspecified atom stereocenters. The van der Waals surface area contributed by atoms with Crippen molar-refractivity contribution in [1.29, 1.82) is 0 Å². The molecule has 0 spiro atoms. The van der Waals surface area contributed by atoms with Crippen LogP contribution in [-0.4, -0.2) is 21.1 Å². The van der Waals surface area contributed by atoms with Crippen LogP contribution in [0, 0.1) is 22.8 Å². The van der Waals surface area contributed by atoms with E-state index in [4.69, 9.17) is 4.98 Å². The second-order valence-electron chi connectivity index (χ2n) is 16.5. The maximum atomic E-state index is 12.2. The number of nitrogens with zero attached hydrogens (tertiary/aromatic N) is 1. The summed E-state index contributed by atoms with van der Waals surface area (Å²) in [6, 6.07) is 16.9. The van der Waals surface area contributed by atoms with Gasteiger partial charge < -0.3 is 5.11 Å². The van der Waals surface area contributed by atoms with Gasteiger partial charge >= 0.3 is 0 Å². The third-order valence-electron chi connectivity index (χ3n) is 11.3. The molecule has 1 aliphatic carbocycles. The largest absolute Gasteiger partial charge is 0.512 e. The molecule has 3 nitrogen and oxygen atoms in total. The standard InChI is InChI=1S/C32H34NS2.C15H28O2.Ir/c1-20(2)11-12-21(3)34-24-13-14-26-29(19-24)35-28-15-16-33-31(30(26)28)23-17-22-9-7-8-10-25(22)27(18-23)32(4,5)6;1-7-14(5,8-2)12(16)11-13(17)15(6,9-3)10-4;/h7-10,12-16,18-20,26,29H,11H2,1-6H3;11,16H,7-10H2,1-6H3;/q-1;;/b21-12+;12-11-;. The monoisotopic (exact) mass is 929 g/mol. The van der Waals surface area contributed by atoms with E-state index in [1.807, 2.05) is 71.3 Å². The molecule has 0 saturated carbocycles. The number of hydrogen-bond acceptors (Lipinski definition) is 5. The van der Waals surface area contributed by atoms with E-state index in [0.29, 0.717) is 17.1 Å². The van der Waals surface area contributed by atoms with Crippen LogP contribution in [0.25, 0.3) is 22.0 Å². The third-order valence-corrected chi connectivity index (χ3v) is 13.6. The van der Waals surface area contributed by atoms with Gasteiger partial charge in [-0.2, -0.15) is 0 Å². The fraction of sp³-hybridized carbons (Fsp3) is 0.489. The third kappa shape index (κ3) is 10.7. The van der Waals surface area contributed by atoms with Crippen LogP contribution in [0.15, 0.2) is 93.4 Å². The van der Waals surface area contributed by atoms with Crippen molar-refractivity contribution in [3.63, 3.8) is 0 Å². The van der Waals surface area contributed by atoms with Crippen LogP contribution in [0.4, 0.5) is 0 Å². The Labute approximate surface area is 343 Å². The van der Waals surface area contributed by atoms with Crippen molar-refractivity contribution >= 4 is 40.1 Å². The molecular formula is C47H62IrNO2S2-. The molecule has 1 N–H and O–H groups in total. The van der Waals surface area contributed by atoms with Crippen LogP contribution in [0.5, 0.6) is 0 Å². The Morgan fingerprint density at radius 1 is 1.00 bits per heavy atom. The van der Waals surface area contributed by atoms with Crippen molar-refractivity contribution in [3.8, 4) is 11.3 Å². The minimum Gasteiger partial charge on any atom is -0.512 e. The quantitative estimate of drug-likeness (QED) is 0.111. The first-order valence-electron chi connectivity index (χ1n) is 19.3. The van der Waals surface area contributed by atoms with Crippen LogP contribution < -0.4 is 0 Å². The van der Waals surface area contributed by atoms with Gasteiger partial charge in [-0.1, -0.05) is 141 Å². The van der Waals surface area contributed by atoms with Gasteiger partial charge in [0.25, 0.3) is 0 Å². The number of aliphatic hydroxyl groups is 1. The number of rotatable bonds is 12. The van der Waals surface area contributed by atoms with Gasteiger partial charge in [0.05, 0.1) is 0 Å². The van der Waals surface area contributed by atoms with Gasteiger partial charge in [-0.25, -0.2) is 0 Å². The van der Waals surface area contributed by atoms with Crippen molar-refractivity contribution in [3.05, 3.63) is 106 Å². The molecule has 2 aliphatic rings. The number of hydrogen-bond donors (Lipinski definition) is 1. The summed E-state index contributed by atoms with van der Waals surface area (Å²) in [4.78, 5) is 21.2. The molecule has 3 aromatic rings. The molecule has 6 heteroatoms. The number of allylic oxidation sites excluding steroid dienone is 6. The Morgan fingerprint density at radius 3 is 2.25 bits per heavy atom. The summed E-state index contributed by atoms with van der Waals surface area (Å²) in [6.45, 7) is 25.7. The normalized spacial score (nSPS) is 17.5. The summed E-state index contributed by atoms with van der Waals surface area (Å²) >= 11 is 3.87. The average molecular weight is 929 g/mol. The van der Waals surface area contributed by atoms with Gasteiger partial charge in [-0.15, -0.1) is 40.9 Å². The zero-order valence-electron chi connectivity index (χ0n) is 34.1. The predicted octanol–water partition coefficient (Wildman–Crippen LogP) is 14.3. The van der Waals surface area contributed by atoms with Gasteiger partial charge in [0.1, 0.15) is 5.76 Å². The maximum Gasteiger partial charge on any atom is 0.164 e. The van der Waals surface area contributed by atoms with E-state index in [2.05, 4.69) is 108 Å². The second-order valence-corrected chi connectivity index (χ2v) is 19.0. The molecule has 0 fully saturated rings. The Balaban J connectivity index is 0.000000359. The smallest absolute Gasteiger partial charge is 0.164 e. The van der Waals surface area contributed by atoms with Crippen molar-refractivity contribution in [2.75, 3.05) is 0 Å². The SMILES string of the molecule is C/C(=C\CC(C)C)SC1=CC2Sc3ccnc(-c4[c-]c5ccccc5c(C(C)(C)C)c4)c3C2C=C1.CCC(C)(CC)C(=O)/C=C(\O)C(C)(CC)CC.[Ir]. The summed E-state index contributed by atoms with van der Waals surface area (Å²) in [7, 11) is 0. The molecular weight excluding hydrogens is 867 g/mol. The van der Waals surface area contributed by atoms with Gasteiger partial charge in [-0.3, -0.25) is 9.78 Å². The predicted molar refractivity (Wildman–Crippen MR) is 228 cm³/mol. The molecule has 289 valence electrons. The summed E-state index contributed by atoms with van der Waals surface area (Å²) in [6.07, 6.45) is 17.4. The van der Waals surface area contributed by atoms with Crippen LogP contribution >= 0.6 is 23.5 Å². The van der Waals surface area contributed by atoms with E-state index >= 15 is 0 Å². The molecule has 0 saturated heterocycles. The van der Waals surface area contributed by atoms with Crippen molar-refractivity contribution in [1.82, 2.24) is 4.98 Å². The van der Waals surface area contributed by atoms with Crippen molar-refractivity contribution < 1.29 is 30.0 Å². The molecule has 1 radical (unpaired) electrons. The molecule has 2 atom stereocenters. The number of pyridine rings is 1. The molecule has 1 aliphatic heterocycles. The minimum atomic E-state index is -0.337. The fourth-order valence-electron chi connectivity index (χ4n) is 6.60. The van der Waals surface area contributed by atoms with Crippen LogP contribution in [0.3, 0.4) is 0 Å². The number of thioether (sulfide) groups is 2. The van der Waals surface area contributed by atoms with Crippen LogP contribution in [-0.2, 0) is 30.3 Å². The number of aliphatic hydroxyl groups excluding tert-OH is 1. The molecule has 53 heavy (non-hydrogen) atoms. The number of carbonyl (C=O) groups is 1. The minimum absolute atomic E-state index is 0. The molecule has 0 bridgehead atoms. The van der Waals surface area contributed by atoms with E-state index in [9.17, 15) is 9.90 Å². The van der Waals surface area contributed by atoms with E-state index in [-0.39, 0.29) is 47.9 Å². The van der Waals surface area contributed by atoms with E-state index in [1.54, 1.807) is 0 Å². The van der Waals surface area contributed by atoms with Crippen LogP contribution in [0.1, 0.15) is 132 Å². The van der Waals surface area contributed by atoms with Crippen LogP contribution in [0.2, 0.25) is 0 Å². The van der Waals surface area contributed by atoms with Gasteiger partial charge in [0.2, 0.25) is 0 Å². The summed E-state index contributed by atoms with van der Waals surface area (Å²) in [5.74, 6) is 1.33. The fourth-order valence-corrected chi connectivity index (χ4v) is 8.98. The Bertz CT molecular complexity index is 1850. The number of carbonyl (C=O) groups excluding carboxylic acids is 1. The number of fused-ring (bicyclic) bond motifs is 4. The Morgan fingerprint density at radius 2 is 1.64 bits per heavy atom. The molecule has 2 heterocycles. The van der Waals surface area contributed by atoms with Crippen molar-refractivity contribution in [2.45, 2.75) is 137 Å². The first-order valence-corrected chi connectivity index (χ1v) is 21.0. The molecule has 2 aromatic carbocycles. The van der Waals surface area contributed by atoms with E-state index in [0.717, 1.165) is 48.7 Å². The average Bonchev–Trinajstić information content (AvgIpc) is 3.50. The summed E-state index contributed by atoms with van der Waals surface area (Å²) in [5.41, 5.74) is 4.34. The first-order chi connectivity index (χ1) is 24.5. The second kappa shape index (κ2) is 19.0. The maximum absolute atomic E-state index is 12.2. The zero-order chi connectivity index (χ0) is 38.4. The molecule has 1 aromatic heterocycles. The number of ketones is 1. The van der Waals surface area contributed by atoms with Gasteiger partial charge in [-0.05, 0) is 66.9 Å². The summed E-state index contributed by atoms with van der Waals surface area (Å²) in [5, 5.41) is 13.0. The topological polar surface area (TPSA) is 50.2 Å². The van der Waals surface area contributed by atoms with Gasteiger partial charge in [0, 0.05) is 69.9 Å². The summed E-state index contributed by atoms with van der Waals surface area (Å²) < 4.78 is 0. The molecule has 5 rings (SSSR count). The molecule has 0 amide bonds. The number of aromatic nitrogens is 1. The Hall–Kier alpha value is -2.37. The van der Waals surface area contributed by atoms with Crippen molar-refractivity contribution in [2.24, 2.45) is 16.7 Å². The number of benzene rings is 2. The Kier molecular flexibility index (Phi) is 16.1. The van der Waals surface area contributed by atoms with E-state index < -0.39 is 0 Å².